The molecule has 2 heterocycles. The van der Waals surface area contributed by atoms with Gasteiger partial charge in [0.15, 0.2) is 5.82 Å². The predicted octanol–water partition coefficient (Wildman–Crippen LogP) is 2.59. The van der Waals surface area contributed by atoms with Gasteiger partial charge in [-0.05, 0) is 12.1 Å². The molecule has 0 saturated carbocycles. The first-order valence-electron chi connectivity index (χ1n) is 6.57. The molecule has 2 aromatic heterocycles. The first-order valence-corrected chi connectivity index (χ1v) is 6.57. The fourth-order valence-corrected chi connectivity index (χ4v) is 2.21. The highest BCUT2D eigenvalue weighted by atomic mass is 16.5. The van der Waals surface area contributed by atoms with Gasteiger partial charge in [-0.3, -0.25) is 0 Å². The van der Waals surface area contributed by atoms with Crippen molar-refractivity contribution in [1.29, 1.82) is 0 Å². The maximum Gasteiger partial charge on any atom is 0.226 e. The van der Waals surface area contributed by atoms with Gasteiger partial charge < -0.3 is 9.09 Å². The largest absolute Gasteiger partial charge is 0.339 e. The second-order valence-corrected chi connectivity index (χ2v) is 4.41. The molecule has 5 heteroatoms. The van der Waals surface area contributed by atoms with Crippen LogP contribution in [0.3, 0.4) is 0 Å². The Hall–Kier alpha value is -2.17. The van der Waals surface area contributed by atoms with Crippen LogP contribution >= 0.6 is 0 Å². The standard InChI is InChI=1S/C14H16N4O/c1-3-13-15-10-7-5-6-8-11(10)18(13)9-12-16-14(4-2)19-17-12/h5-8H,3-4,9H2,1-2H3. The molecule has 0 N–H and O–H groups in total. The minimum Gasteiger partial charge on any atom is -0.339 e. The molecule has 0 atom stereocenters. The van der Waals surface area contributed by atoms with Gasteiger partial charge in [0.25, 0.3) is 0 Å². The molecule has 0 radical (unpaired) electrons. The summed E-state index contributed by atoms with van der Waals surface area (Å²) in [5.41, 5.74) is 2.13. The van der Waals surface area contributed by atoms with E-state index < -0.39 is 0 Å². The lowest BCUT2D eigenvalue weighted by atomic mass is 10.3. The van der Waals surface area contributed by atoms with E-state index in [2.05, 4.69) is 32.7 Å². The topological polar surface area (TPSA) is 56.7 Å². The molecule has 98 valence electrons. The van der Waals surface area contributed by atoms with E-state index in [1.165, 1.54) is 0 Å². The summed E-state index contributed by atoms with van der Waals surface area (Å²) in [6.07, 6.45) is 1.64. The van der Waals surface area contributed by atoms with E-state index in [9.17, 15) is 0 Å². The van der Waals surface area contributed by atoms with Gasteiger partial charge in [-0.25, -0.2) is 4.98 Å². The Bertz CT molecular complexity index is 698. The Labute approximate surface area is 111 Å². The zero-order valence-electron chi connectivity index (χ0n) is 11.1. The number of fused-ring (bicyclic) bond motifs is 1. The van der Waals surface area contributed by atoms with Crippen LogP contribution in [-0.2, 0) is 19.4 Å². The van der Waals surface area contributed by atoms with Gasteiger partial charge in [-0.1, -0.05) is 31.1 Å². The summed E-state index contributed by atoms with van der Waals surface area (Å²) in [7, 11) is 0. The molecule has 0 aliphatic heterocycles. The average Bonchev–Trinajstić information content (AvgIpc) is 3.04. The second-order valence-electron chi connectivity index (χ2n) is 4.41. The van der Waals surface area contributed by atoms with Crippen LogP contribution in [0, 0.1) is 0 Å². The first-order chi connectivity index (χ1) is 9.31. The Kier molecular flexibility index (Phi) is 3.03. The number of hydrogen-bond donors (Lipinski definition) is 0. The lowest BCUT2D eigenvalue weighted by molar-refractivity contribution is 0.375. The van der Waals surface area contributed by atoms with E-state index in [0.717, 1.165) is 29.7 Å². The third-order valence-electron chi connectivity index (χ3n) is 3.16. The molecular formula is C14H16N4O. The van der Waals surface area contributed by atoms with Crippen molar-refractivity contribution in [3.8, 4) is 0 Å². The van der Waals surface area contributed by atoms with E-state index in [4.69, 9.17) is 4.52 Å². The number of para-hydroxylation sites is 2. The highest BCUT2D eigenvalue weighted by molar-refractivity contribution is 5.75. The van der Waals surface area contributed by atoms with Gasteiger partial charge in [0, 0.05) is 12.8 Å². The molecular weight excluding hydrogens is 240 g/mol. The fraction of sp³-hybridized carbons (Fsp3) is 0.357. The number of benzene rings is 1. The molecule has 3 aromatic rings. The van der Waals surface area contributed by atoms with Crippen LogP contribution in [-0.4, -0.2) is 19.7 Å². The van der Waals surface area contributed by atoms with E-state index in [1.54, 1.807) is 0 Å². The zero-order chi connectivity index (χ0) is 13.2. The van der Waals surface area contributed by atoms with Gasteiger partial charge in [0.05, 0.1) is 17.6 Å². The van der Waals surface area contributed by atoms with Crippen LogP contribution in [0.4, 0.5) is 0 Å². The minimum atomic E-state index is 0.604. The van der Waals surface area contributed by atoms with Crippen molar-refractivity contribution in [3.63, 3.8) is 0 Å². The van der Waals surface area contributed by atoms with Gasteiger partial charge in [-0.2, -0.15) is 4.98 Å². The Morgan fingerprint density at radius 1 is 1.11 bits per heavy atom. The maximum atomic E-state index is 5.15. The summed E-state index contributed by atoms with van der Waals surface area (Å²) in [6.45, 7) is 4.71. The number of hydrogen-bond acceptors (Lipinski definition) is 4. The predicted molar refractivity (Wildman–Crippen MR) is 71.9 cm³/mol. The summed E-state index contributed by atoms with van der Waals surface area (Å²) in [4.78, 5) is 8.99. The monoisotopic (exact) mass is 256 g/mol. The second kappa shape index (κ2) is 4.84. The van der Waals surface area contributed by atoms with Gasteiger partial charge in [0.2, 0.25) is 5.89 Å². The lowest BCUT2D eigenvalue weighted by Crippen LogP contribution is -2.05. The van der Waals surface area contributed by atoms with Gasteiger partial charge in [0.1, 0.15) is 5.82 Å². The van der Waals surface area contributed by atoms with Gasteiger partial charge >= 0.3 is 0 Å². The molecule has 0 bridgehead atoms. The number of imidazole rings is 1. The molecule has 0 fully saturated rings. The van der Waals surface area contributed by atoms with E-state index >= 15 is 0 Å². The summed E-state index contributed by atoms with van der Waals surface area (Å²) < 4.78 is 7.31. The Morgan fingerprint density at radius 2 is 1.95 bits per heavy atom. The Morgan fingerprint density at radius 3 is 2.68 bits per heavy atom. The van der Waals surface area contributed by atoms with Crippen molar-refractivity contribution >= 4 is 11.0 Å². The molecule has 0 saturated heterocycles. The summed E-state index contributed by atoms with van der Waals surface area (Å²) in [6, 6.07) is 8.12. The van der Waals surface area contributed by atoms with Crippen LogP contribution in [0.25, 0.3) is 11.0 Å². The molecule has 19 heavy (non-hydrogen) atoms. The number of aromatic nitrogens is 4. The lowest BCUT2D eigenvalue weighted by Gasteiger charge is -2.04. The fourth-order valence-electron chi connectivity index (χ4n) is 2.21. The van der Waals surface area contributed by atoms with E-state index in [1.807, 2.05) is 25.1 Å². The maximum absolute atomic E-state index is 5.15. The van der Waals surface area contributed by atoms with Crippen molar-refractivity contribution in [2.75, 3.05) is 0 Å². The van der Waals surface area contributed by atoms with Crippen molar-refractivity contribution < 1.29 is 4.52 Å². The zero-order valence-corrected chi connectivity index (χ0v) is 11.1. The normalized spacial score (nSPS) is 11.3. The van der Waals surface area contributed by atoms with Gasteiger partial charge in [-0.15, -0.1) is 0 Å². The van der Waals surface area contributed by atoms with Crippen molar-refractivity contribution in [3.05, 3.63) is 41.8 Å². The minimum absolute atomic E-state index is 0.604. The average molecular weight is 256 g/mol. The van der Waals surface area contributed by atoms with E-state index in [-0.39, 0.29) is 0 Å². The summed E-state index contributed by atoms with van der Waals surface area (Å²) in [5.74, 6) is 2.43. The SMILES string of the molecule is CCc1nc(Cn2c(CC)nc3ccccc32)no1. The van der Waals surface area contributed by atoms with E-state index in [0.29, 0.717) is 18.3 Å². The molecule has 0 spiro atoms. The van der Waals surface area contributed by atoms with Crippen LogP contribution < -0.4 is 0 Å². The summed E-state index contributed by atoms with van der Waals surface area (Å²) >= 11 is 0. The molecule has 1 aromatic carbocycles. The van der Waals surface area contributed by atoms with Crippen LogP contribution in [0.5, 0.6) is 0 Å². The van der Waals surface area contributed by atoms with Crippen molar-refractivity contribution in [2.45, 2.75) is 33.2 Å². The highest BCUT2D eigenvalue weighted by Gasteiger charge is 2.12. The molecule has 3 rings (SSSR count). The molecule has 0 aliphatic carbocycles. The van der Waals surface area contributed by atoms with Crippen molar-refractivity contribution in [1.82, 2.24) is 19.7 Å². The number of nitrogens with zero attached hydrogens (tertiary/aromatic N) is 4. The third-order valence-corrected chi connectivity index (χ3v) is 3.16. The quantitative estimate of drug-likeness (QED) is 0.720. The summed E-state index contributed by atoms with van der Waals surface area (Å²) in [5, 5.41) is 4.01. The van der Waals surface area contributed by atoms with Crippen LogP contribution in [0.2, 0.25) is 0 Å². The number of aryl methyl sites for hydroxylation is 2. The highest BCUT2D eigenvalue weighted by Crippen LogP contribution is 2.17. The molecule has 0 unspecified atom stereocenters. The third kappa shape index (κ3) is 2.12. The first kappa shape index (κ1) is 11.9. The molecule has 0 aliphatic rings. The molecule has 0 amide bonds. The Balaban J connectivity index is 2.03. The number of rotatable bonds is 4. The van der Waals surface area contributed by atoms with Crippen LogP contribution in [0.15, 0.2) is 28.8 Å². The van der Waals surface area contributed by atoms with Crippen LogP contribution in [0.1, 0.15) is 31.4 Å². The van der Waals surface area contributed by atoms with Crippen molar-refractivity contribution in [2.24, 2.45) is 0 Å². The smallest absolute Gasteiger partial charge is 0.226 e. The molecule has 5 nitrogen and oxygen atoms in total.